The van der Waals surface area contributed by atoms with Crippen LogP contribution in [0, 0.1) is 6.92 Å². The average Bonchev–Trinajstić information content (AvgIpc) is 2.60. The van der Waals surface area contributed by atoms with Crippen LogP contribution in [0.1, 0.15) is 11.4 Å². The topological polar surface area (TPSA) is 74.2 Å². The van der Waals surface area contributed by atoms with Gasteiger partial charge in [0.15, 0.2) is 0 Å². The van der Waals surface area contributed by atoms with Crippen LogP contribution >= 0.6 is 0 Å². The number of aromatic nitrogens is 3. The van der Waals surface area contributed by atoms with Crippen molar-refractivity contribution in [3.63, 3.8) is 0 Å². The van der Waals surface area contributed by atoms with E-state index in [1.165, 1.54) is 0 Å². The van der Waals surface area contributed by atoms with Crippen LogP contribution in [0.5, 0.6) is 0 Å². The third-order valence-electron chi connectivity index (χ3n) is 3.78. The highest BCUT2D eigenvalue weighted by Crippen LogP contribution is 2.17. The standard InChI is InChI=1S/C16H20N6O/c1-13-10-15(22-8-6-21(12-23)7-9-22)20-16(19-13)18-11-14-4-2-3-5-17-14/h2-5,10,12H,6-9,11H2,1H3,(H,18,19,20). The second-order valence-electron chi connectivity index (χ2n) is 5.49. The zero-order valence-corrected chi connectivity index (χ0v) is 13.1. The summed E-state index contributed by atoms with van der Waals surface area (Å²) in [7, 11) is 0. The molecule has 0 saturated carbocycles. The quantitative estimate of drug-likeness (QED) is 0.833. The number of hydrogen-bond acceptors (Lipinski definition) is 6. The van der Waals surface area contributed by atoms with E-state index in [1.54, 1.807) is 11.1 Å². The van der Waals surface area contributed by atoms with Gasteiger partial charge in [-0.15, -0.1) is 0 Å². The Morgan fingerprint density at radius 2 is 2.04 bits per heavy atom. The number of amides is 1. The maximum absolute atomic E-state index is 10.8. The number of nitrogens with one attached hydrogen (secondary N) is 1. The first-order valence-corrected chi connectivity index (χ1v) is 7.68. The van der Waals surface area contributed by atoms with Crippen molar-refractivity contribution >= 4 is 18.2 Å². The molecule has 0 aromatic carbocycles. The predicted molar refractivity (Wildman–Crippen MR) is 88.2 cm³/mol. The number of carbonyl (C=O) groups is 1. The zero-order chi connectivity index (χ0) is 16.1. The van der Waals surface area contributed by atoms with Crippen molar-refractivity contribution in [1.29, 1.82) is 0 Å². The van der Waals surface area contributed by atoms with E-state index in [2.05, 4.69) is 25.2 Å². The van der Waals surface area contributed by atoms with E-state index in [0.717, 1.165) is 49.8 Å². The Labute approximate surface area is 135 Å². The molecule has 0 aliphatic carbocycles. The number of rotatable bonds is 5. The molecule has 2 aromatic rings. The Hall–Kier alpha value is -2.70. The van der Waals surface area contributed by atoms with Gasteiger partial charge in [0.05, 0.1) is 12.2 Å². The second-order valence-corrected chi connectivity index (χ2v) is 5.49. The summed E-state index contributed by atoms with van der Waals surface area (Å²) in [5.41, 5.74) is 1.86. The molecule has 0 spiro atoms. The molecule has 0 bridgehead atoms. The Morgan fingerprint density at radius 3 is 2.74 bits per heavy atom. The van der Waals surface area contributed by atoms with Crippen molar-refractivity contribution in [1.82, 2.24) is 19.9 Å². The molecule has 1 amide bonds. The van der Waals surface area contributed by atoms with Gasteiger partial charge in [-0.2, -0.15) is 4.98 Å². The van der Waals surface area contributed by atoms with Crippen LogP contribution < -0.4 is 10.2 Å². The SMILES string of the molecule is Cc1cc(N2CCN(C=O)CC2)nc(NCc2ccccn2)n1. The summed E-state index contributed by atoms with van der Waals surface area (Å²) in [4.78, 5) is 28.1. The first-order chi connectivity index (χ1) is 11.2. The smallest absolute Gasteiger partial charge is 0.225 e. The molecule has 1 saturated heterocycles. The van der Waals surface area contributed by atoms with Crippen molar-refractivity contribution in [3.8, 4) is 0 Å². The molecule has 1 aliphatic heterocycles. The summed E-state index contributed by atoms with van der Waals surface area (Å²) in [6.45, 7) is 5.57. The molecule has 7 heteroatoms. The Kier molecular flexibility index (Phi) is 4.65. The maximum Gasteiger partial charge on any atom is 0.225 e. The summed E-state index contributed by atoms with van der Waals surface area (Å²) in [5, 5.41) is 3.22. The van der Waals surface area contributed by atoms with E-state index in [0.29, 0.717) is 12.5 Å². The summed E-state index contributed by atoms with van der Waals surface area (Å²) in [6, 6.07) is 7.79. The number of pyridine rings is 1. The van der Waals surface area contributed by atoms with Crippen molar-refractivity contribution in [2.45, 2.75) is 13.5 Å². The molecule has 120 valence electrons. The number of aryl methyl sites for hydroxylation is 1. The maximum atomic E-state index is 10.8. The molecular formula is C16H20N6O. The predicted octanol–water partition coefficient (Wildman–Crippen LogP) is 1.07. The summed E-state index contributed by atoms with van der Waals surface area (Å²) < 4.78 is 0. The van der Waals surface area contributed by atoms with Gasteiger partial charge in [-0.25, -0.2) is 4.98 Å². The van der Waals surface area contributed by atoms with Crippen LogP contribution in [0.15, 0.2) is 30.5 Å². The molecule has 2 aromatic heterocycles. The van der Waals surface area contributed by atoms with Crippen LogP contribution in [0.25, 0.3) is 0 Å². The average molecular weight is 312 g/mol. The lowest BCUT2D eigenvalue weighted by Crippen LogP contribution is -2.46. The van der Waals surface area contributed by atoms with Gasteiger partial charge in [0.1, 0.15) is 5.82 Å². The second kappa shape index (κ2) is 7.04. The first kappa shape index (κ1) is 15.2. The van der Waals surface area contributed by atoms with Crippen molar-refractivity contribution in [2.24, 2.45) is 0 Å². The molecule has 0 atom stereocenters. The minimum absolute atomic E-state index is 0.586. The number of nitrogens with zero attached hydrogens (tertiary/aromatic N) is 5. The molecule has 23 heavy (non-hydrogen) atoms. The van der Waals surface area contributed by atoms with Crippen molar-refractivity contribution < 1.29 is 4.79 Å². The molecule has 1 aliphatic rings. The van der Waals surface area contributed by atoms with Crippen LogP contribution in [0.2, 0.25) is 0 Å². The highest BCUT2D eigenvalue weighted by atomic mass is 16.1. The lowest BCUT2D eigenvalue weighted by atomic mass is 10.3. The fraction of sp³-hybridized carbons (Fsp3) is 0.375. The van der Waals surface area contributed by atoms with Gasteiger partial charge in [-0.05, 0) is 19.1 Å². The van der Waals surface area contributed by atoms with Gasteiger partial charge < -0.3 is 15.1 Å². The van der Waals surface area contributed by atoms with E-state index >= 15 is 0 Å². The minimum atomic E-state index is 0.586. The molecule has 0 radical (unpaired) electrons. The van der Waals surface area contributed by atoms with Crippen LogP contribution in [-0.2, 0) is 11.3 Å². The van der Waals surface area contributed by atoms with Crippen LogP contribution in [-0.4, -0.2) is 52.4 Å². The van der Waals surface area contributed by atoms with E-state index in [4.69, 9.17) is 0 Å². The van der Waals surface area contributed by atoms with E-state index in [1.807, 2.05) is 31.2 Å². The third-order valence-corrected chi connectivity index (χ3v) is 3.78. The van der Waals surface area contributed by atoms with Gasteiger partial charge in [0, 0.05) is 44.1 Å². The number of anilines is 2. The molecule has 1 N–H and O–H groups in total. The normalized spacial score (nSPS) is 14.7. The molecule has 3 rings (SSSR count). The van der Waals surface area contributed by atoms with Crippen LogP contribution in [0.4, 0.5) is 11.8 Å². The first-order valence-electron chi connectivity index (χ1n) is 7.68. The van der Waals surface area contributed by atoms with Crippen LogP contribution in [0.3, 0.4) is 0 Å². The van der Waals surface area contributed by atoms with Gasteiger partial charge in [0.2, 0.25) is 12.4 Å². The van der Waals surface area contributed by atoms with E-state index in [-0.39, 0.29) is 0 Å². The Balaban J connectivity index is 1.68. The number of piperazine rings is 1. The lowest BCUT2D eigenvalue weighted by molar-refractivity contribution is -0.118. The van der Waals surface area contributed by atoms with Crippen molar-refractivity contribution in [3.05, 3.63) is 41.9 Å². The molecule has 0 unspecified atom stereocenters. The van der Waals surface area contributed by atoms with Crippen molar-refractivity contribution in [2.75, 3.05) is 36.4 Å². The highest BCUT2D eigenvalue weighted by molar-refractivity contribution is 5.50. The Bertz CT molecular complexity index is 655. The van der Waals surface area contributed by atoms with Gasteiger partial charge in [0.25, 0.3) is 0 Å². The molecule has 3 heterocycles. The summed E-state index contributed by atoms with van der Waals surface area (Å²) >= 11 is 0. The minimum Gasteiger partial charge on any atom is -0.353 e. The highest BCUT2D eigenvalue weighted by Gasteiger charge is 2.17. The summed E-state index contributed by atoms with van der Waals surface area (Å²) in [6.07, 6.45) is 2.68. The lowest BCUT2D eigenvalue weighted by Gasteiger charge is -2.33. The number of hydrogen-bond donors (Lipinski definition) is 1. The molecule has 7 nitrogen and oxygen atoms in total. The molecular weight excluding hydrogens is 292 g/mol. The monoisotopic (exact) mass is 312 g/mol. The largest absolute Gasteiger partial charge is 0.353 e. The number of carbonyl (C=O) groups excluding carboxylic acids is 1. The van der Waals surface area contributed by atoms with Gasteiger partial charge in [-0.3, -0.25) is 9.78 Å². The van der Waals surface area contributed by atoms with E-state index in [9.17, 15) is 4.79 Å². The van der Waals surface area contributed by atoms with Gasteiger partial charge in [-0.1, -0.05) is 6.07 Å². The summed E-state index contributed by atoms with van der Waals surface area (Å²) in [5.74, 6) is 1.50. The fourth-order valence-corrected chi connectivity index (χ4v) is 2.52. The van der Waals surface area contributed by atoms with E-state index < -0.39 is 0 Å². The fourth-order valence-electron chi connectivity index (χ4n) is 2.52. The third kappa shape index (κ3) is 3.94. The molecule has 1 fully saturated rings. The van der Waals surface area contributed by atoms with Gasteiger partial charge >= 0.3 is 0 Å². The Morgan fingerprint density at radius 1 is 1.22 bits per heavy atom. The zero-order valence-electron chi connectivity index (χ0n) is 13.1.